The Bertz CT molecular complexity index is 502. The second-order valence-electron chi connectivity index (χ2n) is 6.18. The Kier molecular flexibility index (Phi) is 4.74. The minimum absolute atomic E-state index is 0.00766. The van der Waals surface area contributed by atoms with Gasteiger partial charge in [0.05, 0.1) is 18.8 Å². The Hall–Kier alpha value is -1.33. The van der Waals surface area contributed by atoms with Crippen LogP contribution >= 0.6 is 0 Å². The number of carbonyl (C=O) groups is 1. The molecule has 5 heteroatoms. The summed E-state index contributed by atoms with van der Waals surface area (Å²) in [5.41, 5.74) is 0.187. The van der Waals surface area contributed by atoms with Crippen LogP contribution in [0.15, 0.2) is 10.5 Å². The maximum absolute atomic E-state index is 11.6. The van der Waals surface area contributed by atoms with Crippen molar-refractivity contribution in [3.8, 4) is 0 Å². The summed E-state index contributed by atoms with van der Waals surface area (Å²) in [7, 11) is 3.31. The molecule has 5 nitrogen and oxygen atoms in total. The Morgan fingerprint density at radius 2 is 2.14 bits per heavy atom. The summed E-state index contributed by atoms with van der Waals surface area (Å²) in [6.07, 6.45) is 3.89. The summed E-state index contributed by atoms with van der Waals surface area (Å²) >= 11 is 0. The van der Waals surface area contributed by atoms with E-state index in [-0.39, 0.29) is 11.8 Å². The monoisotopic (exact) mass is 295 g/mol. The Balaban J connectivity index is 2.08. The molecular weight excluding hydrogens is 270 g/mol. The standard InChI is InChI=1S/C16H25NO4/c1-11-9-13(21-14(11)15(18)20-4)12(2)17(3)10-16(19)7-5-6-8-16/h9,12,19H,5-8,10H2,1-4H3. The van der Waals surface area contributed by atoms with Crippen LogP contribution in [0.5, 0.6) is 0 Å². The van der Waals surface area contributed by atoms with E-state index in [0.29, 0.717) is 6.54 Å². The van der Waals surface area contributed by atoms with Gasteiger partial charge in [-0.25, -0.2) is 4.79 Å². The van der Waals surface area contributed by atoms with Crippen LogP contribution in [0.4, 0.5) is 0 Å². The molecule has 1 aromatic heterocycles. The number of rotatable bonds is 5. The number of carbonyl (C=O) groups excluding carboxylic acids is 1. The molecule has 0 radical (unpaired) electrons. The predicted molar refractivity (Wildman–Crippen MR) is 79.2 cm³/mol. The molecule has 1 fully saturated rings. The highest BCUT2D eigenvalue weighted by Gasteiger charge is 2.34. The zero-order chi connectivity index (χ0) is 15.6. The molecule has 1 aliphatic carbocycles. The van der Waals surface area contributed by atoms with E-state index in [0.717, 1.165) is 37.0 Å². The van der Waals surface area contributed by atoms with Gasteiger partial charge in [0.2, 0.25) is 5.76 Å². The van der Waals surface area contributed by atoms with Gasteiger partial charge in [0.25, 0.3) is 0 Å². The molecule has 1 atom stereocenters. The second-order valence-corrected chi connectivity index (χ2v) is 6.18. The number of likely N-dealkylation sites (N-methyl/N-ethyl adjacent to an activating group) is 1. The van der Waals surface area contributed by atoms with Gasteiger partial charge in [-0.15, -0.1) is 0 Å². The van der Waals surface area contributed by atoms with Gasteiger partial charge in [0.1, 0.15) is 5.76 Å². The third kappa shape index (κ3) is 3.47. The quantitative estimate of drug-likeness (QED) is 0.846. The molecule has 0 aliphatic heterocycles. The van der Waals surface area contributed by atoms with E-state index in [1.165, 1.54) is 7.11 Å². The van der Waals surface area contributed by atoms with E-state index in [1.54, 1.807) is 0 Å². The molecule has 1 aromatic rings. The van der Waals surface area contributed by atoms with Crippen LogP contribution in [0.1, 0.15) is 60.5 Å². The van der Waals surface area contributed by atoms with E-state index in [2.05, 4.69) is 4.90 Å². The average Bonchev–Trinajstić information content (AvgIpc) is 3.03. The summed E-state index contributed by atoms with van der Waals surface area (Å²) in [5, 5.41) is 10.5. The van der Waals surface area contributed by atoms with Crippen LogP contribution < -0.4 is 0 Å². The summed E-state index contributed by atoms with van der Waals surface area (Å²) in [4.78, 5) is 13.7. The van der Waals surface area contributed by atoms with Crippen molar-refractivity contribution in [1.29, 1.82) is 0 Å². The van der Waals surface area contributed by atoms with Gasteiger partial charge < -0.3 is 14.3 Å². The number of hydrogen-bond acceptors (Lipinski definition) is 5. The van der Waals surface area contributed by atoms with Gasteiger partial charge in [-0.05, 0) is 39.8 Å². The van der Waals surface area contributed by atoms with Gasteiger partial charge in [-0.1, -0.05) is 12.8 Å². The number of aliphatic hydroxyl groups is 1. The van der Waals surface area contributed by atoms with Crippen molar-refractivity contribution in [3.63, 3.8) is 0 Å². The molecule has 0 aromatic carbocycles. The normalized spacial score (nSPS) is 19.0. The molecule has 1 aliphatic rings. The molecular formula is C16H25NO4. The third-order valence-corrected chi connectivity index (χ3v) is 4.46. The number of ether oxygens (including phenoxy) is 1. The lowest BCUT2D eigenvalue weighted by atomic mass is 10.0. The van der Waals surface area contributed by atoms with Crippen molar-refractivity contribution in [2.24, 2.45) is 0 Å². The van der Waals surface area contributed by atoms with Crippen LogP contribution in [0, 0.1) is 6.92 Å². The Morgan fingerprint density at radius 3 is 2.71 bits per heavy atom. The molecule has 21 heavy (non-hydrogen) atoms. The number of nitrogens with zero attached hydrogens (tertiary/aromatic N) is 1. The first-order valence-electron chi connectivity index (χ1n) is 7.47. The lowest BCUT2D eigenvalue weighted by molar-refractivity contribution is 0.00448. The van der Waals surface area contributed by atoms with Crippen molar-refractivity contribution >= 4 is 5.97 Å². The maximum Gasteiger partial charge on any atom is 0.374 e. The van der Waals surface area contributed by atoms with Gasteiger partial charge in [0.15, 0.2) is 0 Å². The predicted octanol–water partition coefficient (Wildman–Crippen LogP) is 2.67. The number of furan rings is 1. The molecule has 0 spiro atoms. The summed E-state index contributed by atoms with van der Waals surface area (Å²) in [5.74, 6) is 0.521. The van der Waals surface area contributed by atoms with Gasteiger partial charge in [-0.2, -0.15) is 0 Å². The smallest absolute Gasteiger partial charge is 0.374 e. The molecule has 0 bridgehead atoms. The topological polar surface area (TPSA) is 62.9 Å². The van der Waals surface area contributed by atoms with Crippen LogP contribution in [-0.4, -0.2) is 42.3 Å². The highest BCUT2D eigenvalue weighted by molar-refractivity contribution is 5.87. The van der Waals surface area contributed by atoms with Crippen molar-refractivity contribution in [3.05, 3.63) is 23.2 Å². The van der Waals surface area contributed by atoms with Crippen LogP contribution in [0.25, 0.3) is 0 Å². The molecule has 1 saturated carbocycles. The zero-order valence-electron chi connectivity index (χ0n) is 13.3. The summed E-state index contributed by atoms with van der Waals surface area (Å²) in [6.45, 7) is 4.45. The number of aryl methyl sites for hydroxylation is 1. The van der Waals surface area contributed by atoms with Gasteiger partial charge in [0, 0.05) is 12.1 Å². The molecule has 1 heterocycles. The first kappa shape index (κ1) is 16.0. The molecule has 2 rings (SSSR count). The van der Waals surface area contributed by atoms with Crippen LogP contribution in [-0.2, 0) is 4.74 Å². The van der Waals surface area contributed by atoms with Crippen molar-refractivity contribution in [1.82, 2.24) is 4.90 Å². The molecule has 1 unspecified atom stereocenters. The Labute approximate surface area is 125 Å². The minimum Gasteiger partial charge on any atom is -0.463 e. The van der Waals surface area contributed by atoms with Gasteiger partial charge >= 0.3 is 5.97 Å². The molecule has 118 valence electrons. The fourth-order valence-corrected chi connectivity index (χ4v) is 3.02. The SMILES string of the molecule is COC(=O)c1oc(C(C)N(C)CC2(O)CCCC2)cc1C. The number of esters is 1. The van der Waals surface area contributed by atoms with E-state index in [1.807, 2.05) is 27.0 Å². The maximum atomic E-state index is 11.6. The van der Waals surface area contributed by atoms with Crippen LogP contribution in [0.3, 0.4) is 0 Å². The minimum atomic E-state index is -0.587. The van der Waals surface area contributed by atoms with Crippen molar-refractivity contribution in [2.45, 2.75) is 51.2 Å². The summed E-state index contributed by atoms with van der Waals surface area (Å²) in [6, 6.07) is 1.86. The third-order valence-electron chi connectivity index (χ3n) is 4.46. The average molecular weight is 295 g/mol. The second kappa shape index (κ2) is 6.20. The Morgan fingerprint density at radius 1 is 1.52 bits per heavy atom. The number of hydrogen-bond donors (Lipinski definition) is 1. The van der Waals surface area contributed by atoms with E-state index in [9.17, 15) is 9.90 Å². The largest absolute Gasteiger partial charge is 0.463 e. The first-order chi connectivity index (χ1) is 9.86. The number of methoxy groups -OCH3 is 1. The van der Waals surface area contributed by atoms with Gasteiger partial charge in [-0.3, -0.25) is 4.90 Å². The molecule has 1 N–H and O–H groups in total. The highest BCUT2D eigenvalue weighted by Crippen LogP contribution is 2.32. The summed E-state index contributed by atoms with van der Waals surface area (Å²) < 4.78 is 10.4. The fraction of sp³-hybridized carbons (Fsp3) is 0.688. The van der Waals surface area contributed by atoms with E-state index < -0.39 is 11.6 Å². The lowest BCUT2D eigenvalue weighted by Crippen LogP contribution is -2.40. The highest BCUT2D eigenvalue weighted by atomic mass is 16.5. The fourth-order valence-electron chi connectivity index (χ4n) is 3.02. The lowest BCUT2D eigenvalue weighted by Gasteiger charge is -2.31. The van der Waals surface area contributed by atoms with Crippen molar-refractivity contribution in [2.75, 3.05) is 20.7 Å². The van der Waals surface area contributed by atoms with Crippen molar-refractivity contribution < 1.29 is 19.1 Å². The molecule has 0 saturated heterocycles. The van der Waals surface area contributed by atoms with E-state index in [4.69, 9.17) is 9.15 Å². The first-order valence-corrected chi connectivity index (χ1v) is 7.47. The van der Waals surface area contributed by atoms with Crippen LogP contribution in [0.2, 0.25) is 0 Å². The van der Waals surface area contributed by atoms with E-state index >= 15 is 0 Å². The molecule has 0 amide bonds. The zero-order valence-corrected chi connectivity index (χ0v) is 13.3.